The van der Waals surface area contributed by atoms with Crippen LogP contribution >= 0.6 is 0 Å². The maximum Gasteiger partial charge on any atom is 0.372 e. The number of H-pyrrole nitrogens is 1. The number of ether oxygens (including phenoxy) is 1. The normalized spacial score (nSPS) is 16.5. The highest BCUT2D eigenvalue weighted by molar-refractivity contribution is 6.00. The predicted molar refractivity (Wildman–Crippen MR) is 134 cm³/mol. The minimum Gasteiger partial charge on any atom is -0.488 e. The number of carbonyl (C=O) groups excluding carboxylic acids is 1. The van der Waals surface area contributed by atoms with E-state index < -0.39 is 6.03 Å². The number of hydrogen-bond donors (Lipinski definition) is 1. The molecular formula is C28H32FN4O2+. The number of allylic oxidation sites excluding steroid dienone is 1. The number of primary amides is 1. The van der Waals surface area contributed by atoms with E-state index in [-0.39, 0.29) is 12.8 Å². The number of nitrogens with two attached hydrogens (primary N) is 1. The van der Waals surface area contributed by atoms with Crippen molar-refractivity contribution < 1.29 is 19.0 Å². The van der Waals surface area contributed by atoms with Crippen molar-refractivity contribution in [3.8, 4) is 5.75 Å². The summed E-state index contributed by atoms with van der Waals surface area (Å²) in [7, 11) is 0. The molecule has 7 heteroatoms. The lowest BCUT2D eigenvalue weighted by Crippen LogP contribution is -2.53. The van der Waals surface area contributed by atoms with Crippen molar-refractivity contribution in [3.63, 3.8) is 0 Å². The average molecular weight is 476 g/mol. The summed E-state index contributed by atoms with van der Waals surface area (Å²) < 4.78 is 19.9. The van der Waals surface area contributed by atoms with E-state index in [1.807, 2.05) is 18.3 Å². The van der Waals surface area contributed by atoms with Crippen molar-refractivity contribution in [2.75, 3.05) is 26.3 Å². The minimum absolute atomic E-state index is 0.144. The fourth-order valence-corrected chi connectivity index (χ4v) is 5.17. The van der Waals surface area contributed by atoms with Gasteiger partial charge in [0, 0.05) is 31.6 Å². The number of alkyl halides is 1. The van der Waals surface area contributed by atoms with E-state index in [1.54, 1.807) is 0 Å². The number of aryl methyl sites for hydroxylation is 2. The molecule has 0 saturated carbocycles. The van der Waals surface area contributed by atoms with Gasteiger partial charge < -0.3 is 10.5 Å². The van der Waals surface area contributed by atoms with Gasteiger partial charge in [-0.15, -0.1) is 5.10 Å². The van der Waals surface area contributed by atoms with Crippen LogP contribution in [0.25, 0.3) is 11.1 Å². The first-order chi connectivity index (χ1) is 17.0. The molecule has 1 amide bonds. The molecule has 2 aliphatic rings. The lowest BCUT2D eigenvalue weighted by Gasteiger charge is -2.38. The molecule has 3 aromatic rings. The zero-order chi connectivity index (χ0) is 24.4. The van der Waals surface area contributed by atoms with Crippen LogP contribution in [-0.4, -0.2) is 48.0 Å². The SMILES string of the molecule is Cc1ccccc1C1=C(c2ccc(OC3CN(CCCF)C3)cc2)c2cn(C(N)=O)[nH+]c2CCC1. The molecule has 1 aromatic heterocycles. The van der Waals surface area contributed by atoms with Gasteiger partial charge in [0.05, 0.1) is 18.4 Å². The molecule has 35 heavy (non-hydrogen) atoms. The first-order valence-electron chi connectivity index (χ1n) is 12.3. The van der Waals surface area contributed by atoms with E-state index in [2.05, 4.69) is 53.3 Å². The second-order valence-electron chi connectivity index (χ2n) is 9.43. The molecule has 0 atom stereocenters. The number of nitrogens with zero attached hydrogens (tertiary/aromatic N) is 2. The fourth-order valence-electron chi connectivity index (χ4n) is 5.17. The summed E-state index contributed by atoms with van der Waals surface area (Å²) in [6.45, 7) is 4.33. The van der Waals surface area contributed by atoms with Crippen molar-refractivity contribution >= 4 is 17.2 Å². The van der Waals surface area contributed by atoms with Gasteiger partial charge in [-0.2, -0.15) is 0 Å². The van der Waals surface area contributed by atoms with Crippen LogP contribution in [0.5, 0.6) is 5.75 Å². The number of aromatic amines is 1. The Bertz CT molecular complexity index is 1240. The van der Waals surface area contributed by atoms with E-state index in [0.29, 0.717) is 6.42 Å². The Morgan fingerprint density at radius 3 is 2.60 bits per heavy atom. The van der Waals surface area contributed by atoms with Crippen molar-refractivity contribution in [1.29, 1.82) is 0 Å². The van der Waals surface area contributed by atoms with Crippen LogP contribution in [0.3, 0.4) is 0 Å². The molecule has 0 spiro atoms. The Morgan fingerprint density at radius 2 is 1.89 bits per heavy atom. The summed E-state index contributed by atoms with van der Waals surface area (Å²) in [6.07, 6.45) is 5.30. The highest BCUT2D eigenvalue weighted by atomic mass is 19.1. The van der Waals surface area contributed by atoms with Gasteiger partial charge in [-0.3, -0.25) is 9.29 Å². The van der Waals surface area contributed by atoms with Crippen LogP contribution in [0, 0.1) is 6.92 Å². The number of rotatable bonds is 7. The number of carbonyl (C=O) groups is 1. The third kappa shape index (κ3) is 4.86. The lowest BCUT2D eigenvalue weighted by molar-refractivity contribution is -0.480. The van der Waals surface area contributed by atoms with Crippen molar-refractivity contribution in [2.45, 2.75) is 38.7 Å². The molecule has 1 aliphatic heterocycles. The number of aromatic nitrogens is 2. The van der Waals surface area contributed by atoms with Gasteiger partial charge >= 0.3 is 6.03 Å². The number of hydrogen-bond acceptors (Lipinski definition) is 3. The second kappa shape index (κ2) is 10.0. The monoisotopic (exact) mass is 475 g/mol. The Kier molecular flexibility index (Phi) is 6.68. The van der Waals surface area contributed by atoms with Gasteiger partial charge in [0.25, 0.3) is 0 Å². The Hall–Kier alpha value is -3.45. The maximum absolute atomic E-state index is 12.4. The molecule has 2 aromatic carbocycles. The van der Waals surface area contributed by atoms with Crippen LogP contribution in [0.1, 0.15) is 47.2 Å². The number of amides is 1. The fraction of sp³-hybridized carbons (Fsp3) is 0.357. The molecule has 6 nitrogen and oxygen atoms in total. The zero-order valence-corrected chi connectivity index (χ0v) is 20.1. The van der Waals surface area contributed by atoms with Crippen LogP contribution in [0.4, 0.5) is 9.18 Å². The quantitative estimate of drug-likeness (QED) is 0.555. The average Bonchev–Trinajstić information content (AvgIpc) is 3.17. The van der Waals surface area contributed by atoms with E-state index in [9.17, 15) is 9.18 Å². The van der Waals surface area contributed by atoms with Crippen LogP contribution in [0.2, 0.25) is 0 Å². The third-order valence-electron chi connectivity index (χ3n) is 6.95. The van der Waals surface area contributed by atoms with E-state index >= 15 is 0 Å². The number of likely N-dealkylation sites (tertiary alicyclic amines) is 1. The summed E-state index contributed by atoms with van der Waals surface area (Å²) in [6, 6.07) is 16.1. The van der Waals surface area contributed by atoms with Crippen molar-refractivity contribution in [3.05, 3.63) is 82.7 Å². The molecule has 0 unspecified atom stereocenters. The molecule has 1 fully saturated rings. The molecule has 3 N–H and O–H groups in total. The molecular weight excluding hydrogens is 443 g/mol. The summed E-state index contributed by atoms with van der Waals surface area (Å²) in [5, 5.41) is 3.19. The highest BCUT2D eigenvalue weighted by Gasteiger charge is 2.29. The molecule has 182 valence electrons. The number of benzene rings is 2. The third-order valence-corrected chi connectivity index (χ3v) is 6.95. The van der Waals surface area contributed by atoms with Crippen LogP contribution < -0.4 is 15.6 Å². The smallest absolute Gasteiger partial charge is 0.372 e. The van der Waals surface area contributed by atoms with E-state index in [4.69, 9.17) is 10.5 Å². The van der Waals surface area contributed by atoms with Gasteiger partial charge in [-0.25, -0.2) is 4.79 Å². The summed E-state index contributed by atoms with van der Waals surface area (Å²) >= 11 is 0. The number of nitrogens with one attached hydrogen (secondary N) is 1. The summed E-state index contributed by atoms with van der Waals surface area (Å²) in [4.78, 5) is 14.1. The van der Waals surface area contributed by atoms with E-state index in [1.165, 1.54) is 21.4 Å². The van der Waals surface area contributed by atoms with Gasteiger partial charge in [0.15, 0.2) is 0 Å². The zero-order valence-electron chi connectivity index (χ0n) is 20.1. The molecule has 5 rings (SSSR count). The summed E-state index contributed by atoms with van der Waals surface area (Å²) in [5.41, 5.74) is 13.5. The van der Waals surface area contributed by atoms with Gasteiger partial charge in [-0.05, 0) is 60.6 Å². The first-order valence-corrected chi connectivity index (χ1v) is 12.3. The molecule has 2 heterocycles. The molecule has 0 radical (unpaired) electrons. The maximum atomic E-state index is 12.4. The minimum atomic E-state index is -0.528. The van der Waals surface area contributed by atoms with Crippen molar-refractivity contribution in [1.82, 2.24) is 9.58 Å². The highest BCUT2D eigenvalue weighted by Crippen LogP contribution is 2.40. The van der Waals surface area contributed by atoms with Gasteiger partial charge in [0.2, 0.25) is 5.69 Å². The first kappa shape index (κ1) is 23.3. The second-order valence-corrected chi connectivity index (χ2v) is 9.43. The lowest BCUT2D eigenvalue weighted by atomic mass is 9.88. The van der Waals surface area contributed by atoms with Crippen LogP contribution in [-0.2, 0) is 6.42 Å². The van der Waals surface area contributed by atoms with Gasteiger partial charge in [-0.1, -0.05) is 41.1 Å². The Labute approximate surface area is 205 Å². The molecule has 0 bridgehead atoms. The van der Waals surface area contributed by atoms with Crippen molar-refractivity contribution in [2.24, 2.45) is 5.73 Å². The predicted octanol–water partition coefficient (Wildman–Crippen LogP) is 4.26. The largest absolute Gasteiger partial charge is 0.488 e. The molecule has 1 saturated heterocycles. The van der Waals surface area contributed by atoms with E-state index in [0.717, 1.165) is 67.0 Å². The molecule has 1 aliphatic carbocycles. The number of fused-ring (bicyclic) bond motifs is 1. The standard InChI is InChI=1S/C28H31FN4O2/c1-19-6-2-3-7-23(19)24-8-4-9-26-25(18-33(31-26)28(30)34)27(24)20-10-12-21(13-11-20)35-22-16-32(17-22)15-5-14-29/h2-3,6-7,10-13,18,22H,4-5,8-9,14-17H2,1H3,(H2,30,34)/p+1. The number of halogens is 1. The topological polar surface area (TPSA) is 74.6 Å². The summed E-state index contributed by atoms with van der Waals surface area (Å²) in [5.74, 6) is 0.831. The Morgan fingerprint density at radius 1 is 1.11 bits per heavy atom. The van der Waals surface area contributed by atoms with Crippen LogP contribution in [0.15, 0.2) is 54.7 Å². The Balaban J connectivity index is 1.48. The van der Waals surface area contributed by atoms with Gasteiger partial charge in [0.1, 0.15) is 11.9 Å².